The number of rotatable bonds is 5. The zero-order chi connectivity index (χ0) is 10.4. The van der Waals surface area contributed by atoms with Gasteiger partial charge in [-0.05, 0) is 12.6 Å². The summed E-state index contributed by atoms with van der Waals surface area (Å²) in [6.45, 7) is 3.65. The fourth-order valence-electron chi connectivity index (χ4n) is 1.21. The molecule has 0 spiro atoms. The maximum Gasteiger partial charge on any atom is 0.250 e. The van der Waals surface area contributed by atoms with Crippen molar-refractivity contribution in [2.45, 2.75) is 19.6 Å². The second-order valence-corrected chi connectivity index (χ2v) is 3.15. The van der Waals surface area contributed by atoms with Crippen molar-refractivity contribution in [2.75, 3.05) is 13.1 Å². The average Bonchev–Trinajstić information content (AvgIpc) is 2.18. The van der Waals surface area contributed by atoms with Crippen LogP contribution in [0.1, 0.15) is 6.92 Å². The lowest BCUT2D eigenvalue weighted by Gasteiger charge is -2.12. The first kappa shape index (κ1) is 10.9. The minimum atomic E-state index is -0.518. The number of nitrogens with one attached hydrogen (secondary N) is 1. The highest BCUT2D eigenvalue weighted by atomic mass is 16.3. The van der Waals surface area contributed by atoms with E-state index in [4.69, 9.17) is 0 Å². The number of hydrogen-bond acceptors (Lipinski definition) is 3. The fraction of sp³-hybridized carbons (Fsp3) is 0.500. The monoisotopic (exact) mass is 196 g/mol. The highest BCUT2D eigenvalue weighted by Crippen LogP contribution is 1.88. The molecular formula is C10H16N2O2. The third-order valence-corrected chi connectivity index (χ3v) is 1.94. The Hall–Kier alpha value is -1.13. The van der Waals surface area contributed by atoms with E-state index in [9.17, 15) is 9.90 Å². The highest BCUT2D eigenvalue weighted by molar-refractivity contribution is 4.93. The van der Waals surface area contributed by atoms with Gasteiger partial charge in [0.15, 0.2) is 0 Å². The first-order chi connectivity index (χ1) is 6.74. The zero-order valence-corrected chi connectivity index (χ0v) is 8.31. The topological polar surface area (TPSA) is 54.3 Å². The summed E-state index contributed by atoms with van der Waals surface area (Å²) in [6, 6.07) is 4.96. The summed E-state index contributed by atoms with van der Waals surface area (Å²) in [7, 11) is 0. The Balaban J connectivity index is 2.52. The maximum absolute atomic E-state index is 11.3. The summed E-state index contributed by atoms with van der Waals surface area (Å²) in [5.41, 5.74) is -0.0805. The first-order valence-electron chi connectivity index (χ1n) is 4.78. The third kappa shape index (κ3) is 3.32. The Morgan fingerprint density at radius 2 is 2.36 bits per heavy atom. The second kappa shape index (κ2) is 5.57. The molecule has 0 radical (unpaired) electrons. The lowest BCUT2D eigenvalue weighted by atomic mass is 10.3. The Kier molecular flexibility index (Phi) is 4.35. The molecule has 4 heteroatoms. The van der Waals surface area contributed by atoms with Crippen molar-refractivity contribution >= 4 is 0 Å². The summed E-state index contributed by atoms with van der Waals surface area (Å²) in [5, 5.41) is 12.6. The molecular weight excluding hydrogens is 180 g/mol. The van der Waals surface area contributed by atoms with Gasteiger partial charge in [-0.2, -0.15) is 0 Å². The van der Waals surface area contributed by atoms with E-state index in [2.05, 4.69) is 5.32 Å². The maximum atomic E-state index is 11.3. The normalized spacial score (nSPS) is 12.7. The molecule has 0 aliphatic carbocycles. The molecule has 1 unspecified atom stereocenters. The lowest BCUT2D eigenvalue weighted by Crippen LogP contribution is -2.33. The lowest BCUT2D eigenvalue weighted by molar-refractivity contribution is 0.151. The summed E-state index contributed by atoms with van der Waals surface area (Å²) in [6.07, 6.45) is 1.16. The van der Waals surface area contributed by atoms with Crippen molar-refractivity contribution in [3.05, 3.63) is 34.7 Å². The van der Waals surface area contributed by atoms with Crippen molar-refractivity contribution in [1.29, 1.82) is 0 Å². The standard InChI is InChI=1S/C10H16N2O2/c1-2-11-7-9(13)8-12-6-4-3-5-10(12)14/h3-6,9,11,13H,2,7-8H2,1H3. The van der Waals surface area contributed by atoms with Crippen LogP contribution in [-0.2, 0) is 6.54 Å². The molecule has 1 aromatic heterocycles. The van der Waals surface area contributed by atoms with Crippen molar-refractivity contribution in [3.8, 4) is 0 Å². The number of aliphatic hydroxyl groups excluding tert-OH is 1. The molecule has 0 saturated heterocycles. The molecule has 1 rings (SSSR count). The zero-order valence-electron chi connectivity index (χ0n) is 8.31. The Bertz CT molecular complexity index is 322. The van der Waals surface area contributed by atoms with Gasteiger partial charge in [0.05, 0.1) is 12.6 Å². The molecule has 0 bridgehead atoms. The Labute approximate surface area is 83.2 Å². The van der Waals surface area contributed by atoms with Crippen molar-refractivity contribution in [3.63, 3.8) is 0 Å². The molecule has 0 amide bonds. The van der Waals surface area contributed by atoms with E-state index in [1.54, 1.807) is 18.3 Å². The van der Waals surface area contributed by atoms with Gasteiger partial charge in [-0.15, -0.1) is 0 Å². The van der Waals surface area contributed by atoms with Crippen LogP contribution in [0.15, 0.2) is 29.2 Å². The smallest absolute Gasteiger partial charge is 0.250 e. The number of likely N-dealkylation sites (N-methyl/N-ethyl adjacent to an activating group) is 1. The summed E-state index contributed by atoms with van der Waals surface area (Å²) in [4.78, 5) is 11.3. The van der Waals surface area contributed by atoms with E-state index in [0.717, 1.165) is 6.54 Å². The molecule has 0 aromatic carbocycles. The van der Waals surface area contributed by atoms with Crippen molar-refractivity contribution < 1.29 is 5.11 Å². The van der Waals surface area contributed by atoms with Gasteiger partial charge in [0.1, 0.15) is 0 Å². The minimum absolute atomic E-state index is 0.0805. The molecule has 1 aromatic rings. The summed E-state index contributed by atoms with van der Waals surface area (Å²) < 4.78 is 1.50. The van der Waals surface area contributed by atoms with Crippen molar-refractivity contribution in [1.82, 2.24) is 9.88 Å². The van der Waals surface area contributed by atoms with Gasteiger partial charge in [0.2, 0.25) is 0 Å². The predicted octanol–water partition coefficient (Wildman–Crippen LogP) is -0.181. The largest absolute Gasteiger partial charge is 0.390 e. The van der Waals surface area contributed by atoms with Gasteiger partial charge in [-0.25, -0.2) is 0 Å². The van der Waals surface area contributed by atoms with Gasteiger partial charge in [0.25, 0.3) is 5.56 Å². The number of hydrogen-bond donors (Lipinski definition) is 2. The van der Waals surface area contributed by atoms with Crippen LogP contribution >= 0.6 is 0 Å². The Morgan fingerprint density at radius 3 is 3.00 bits per heavy atom. The molecule has 0 saturated carbocycles. The summed E-state index contributed by atoms with van der Waals surface area (Å²) >= 11 is 0. The molecule has 1 atom stereocenters. The molecule has 78 valence electrons. The number of aliphatic hydroxyl groups is 1. The molecule has 2 N–H and O–H groups in total. The number of aromatic nitrogens is 1. The molecule has 0 fully saturated rings. The van der Waals surface area contributed by atoms with Gasteiger partial charge in [-0.1, -0.05) is 13.0 Å². The van der Waals surface area contributed by atoms with Crippen LogP contribution in [0.25, 0.3) is 0 Å². The van der Waals surface area contributed by atoms with E-state index >= 15 is 0 Å². The molecule has 0 aliphatic heterocycles. The number of nitrogens with zero attached hydrogens (tertiary/aromatic N) is 1. The van der Waals surface area contributed by atoms with Crippen LogP contribution in [0.2, 0.25) is 0 Å². The quantitative estimate of drug-likeness (QED) is 0.687. The SMILES string of the molecule is CCNCC(O)Cn1ccccc1=O. The second-order valence-electron chi connectivity index (χ2n) is 3.15. The molecule has 4 nitrogen and oxygen atoms in total. The van der Waals surface area contributed by atoms with Crippen LogP contribution in [0.5, 0.6) is 0 Å². The van der Waals surface area contributed by atoms with Crippen LogP contribution in [0.4, 0.5) is 0 Å². The number of pyridine rings is 1. The van der Waals surface area contributed by atoms with Crippen LogP contribution < -0.4 is 10.9 Å². The van der Waals surface area contributed by atoms with Gasteiger partial charge < -0.3 is 15.0 Å². The average molecular weight is 196 g/mol. The fourth-order valence-corrected chi connectivity index (χ4v) is 1.21. The van der Waals surface area contributed by atoms with Crippen molar-refractivity contribution in [2.24, 2.45) is 0 Å². The minimum Gasteiger partial charge on any atom is -0.390 e. The third-order valence-electron chi connectivity index (χ3n) is 1.94. The van der Waals surface area contributed by atoms with E-state index in [0.29, 0.717) is 13.1 Å². The van der Waals surface area contributed by atoms with Gasteiger partial charge >= 0.3 is 0 Å². The first-order valence-corrected chi connectivity index (χ1v) is 4.78. The van der Waals surface area contributed by atoms with Crippen LogP contribution in [0.3, 0.4) is 0 Å². The highest BCUT2D eigenvalue weighted by Gasteiger charge is 2.04. The Morgan fingerprint density at radius 1 is 1.57 bits per heavy atom. The molecule has 0 aliphatic rings. The van der Waals surface area contributed by atoms with E-state index in [-0.39, 0.29) is 5.56 Å². The van der Waals surface area contributed by atoms with E-state index < -0.39 is 6.10 Å². The van der Waals surface area contributed by atoms with Gasteiger partial charge in [0, 0.05) is 18.8 Å². The predicted molar refractivity (Wildman–Crippen MR) is 55.3 cm³/mol. The van der Waals surface area contributed by atoms with Crippen LogP contribution in [-0.4, -0.2) is 28.9 Å². The van der Waals surface area contributed by atoms with E-state index in [1.807, 2.05) is 6.92 Å². The molecule has 14 heavy (non-hydrogen) atoms. The van der Waals surface area contributed by atoms with Crippen LogP contribution in [0, 0.1) is 0 Å². The van der Waals surface area contributed by atoms with Gasteiger partial charge in [-0.3, -0.25) is 4.79 Å². The van der Waals surface area contributed by atoms with E-state index in [1.165, 1.54) is 10.6 Å². The summed E-state index contributed by atoms with van der Waals surface area (Å²) in [5.74, 6) is 0. The molecule has 1 heterocycles.